The van der Waals surface area contributed by atoms with Gasteiger partial charge in [-0.25, -0.2) is 0 Å². The van der Waals surface area contributed by atoms with E-state index in [1.165, 1.54) is 0 Å². The maximum atomic E-state index is 8.86. The Balaban J connectivity index is 2.28. The van der Waals surface area contributed by atoms with Gasteiger partial charge in [-0.3, -0.25) is 0 Å². The zero-order chi connectivity index (χ0) is 15.2. The Morgan fingerprint density at radius 3 is 2.52 bits per heavy atom. The molecule has 2 aromatic rings. The van der Waals surface area contributed by atoms with Crippen molar-refractivity contribution in [3.8, 4) is 11.8 Å². The van der Waals surface area contributed by atoms with Gasteiger partial charge in [-0.1, -0.05) is 12.1 Å². The monoisotopic (exact) mass is 281 g/mol. The third-order valence-electron chi connectivity index (χ3n) is 3.57. The van der Waals surface area contributed by atoms with Crippen molar-refractivity contribution in [1.29, 1.82) is 5.26 Å². The molecule has 4 heteroatoms. The zero-order valence-electron chi connectivity index (χ0n) is 12.3. The first-order chi connectivity index (χ1) is 10.2. The number of hydrogen-bond acceptors (Lipinski definition) is 4. The van der Waals surface area contributed by atoms with E-state index in [9.17, 15) is 0 Å². The number of nitriles is 1. The Morgan fingerprint density at radius 2 is 1.95 bits per heavy atom. The van der Waals surface area contributed by atoms with Gasteiger partial charge in [0.05, 0.1) is 24.8 Å². The summed E-state index contributed by atoms with van der Waals surface area (Å²) in [6.45, 7) is 0.490. The fraction of sp³-hybridized carbons (Fsp3) is 0.235. The fourth-order valence-corrected chi connectivity index (χ4v) is 2.32. The minimum Gasteiger partial charge on any atom is -0.497 e. The average molecular weight is 281 g/mol. The summed E-state index contributed by atoms with van der Waals surface area (Å²) >= 11 is 0. The summed E-state index contributed by atoms with van der Waals surface area (Å²) in [4.78, 5) is 2.11. The van der Waals surface area contributed by atoms with Crippen LogP contribution in [0.15, 0.2) is 48.5 Å². The second-order valence-corrected chi connectivity index (χ2v) is 4.80. The summed E-state index contributed by atoms with van der Waals surface area (Å²) in [5, 5.41) is 8.86. The zero-order valence-corrected chi connectivity index (χ0v) is 12.3. The molecule has 4 nitrogen and oxygen atoms in total. The highest BCUT2D eigenvalue weighted by Crippen LogP contribution is 2.27. The van der Waals surface area contributed by atoms with Crippen LogP contribution in [-0.2, 0) is 0 Å². The van der Waals surface area contributed by atoms with Gasteiger partial charge in [0.25, 0.3) is 0 Å². The van der Waals surface area contributed by atoms with E-state index in [-0.39, 0.29) is 6.04 Å². The summed E-state index contributed by atoms with van der Waals surface area (Å²) in [7, 11) is 3.65. The SMILES string of the molecule is COc1cccc(C(CN)N(C)c2ccc(C#N)cc2)c1. The van der Waals surface area contributed by atoms with Gasteiger partial charge in [-0.15, -0.1) is 0 Å². The molecular formula is C17H19N3O. The van der Waals surface area contributed by atoms with Crippen LogP contribution in [0.5, 0.6) is 5.75 Å². The molecule has 0 aliphatic rings. The number of methoxy groups -OCH3 is 1. The molecule has 0 heterocycles. The standard InChI is InChI=1S/C17H19N3O/c1-20(15-8-6-13(11-18)7-9-15)17(12-19)14-4-3-5-16(10-14)21-2/h3-10,17H,12,19H2,1-2H3. The number of rotatable bonds is 5. The van der Waals surface area contributed by atoms with E-state index in [0.29, 0.717) is 12.1 Å². The molecule has 0 aliphatic carbocycles. The molecule has 0 aromatic heterocycles. The predicted molar refractivity (Wildman–Crippen MR) is 84.3 cm³/mol. The molecule has 0 spiro atoms. The molecule has 2 N–H and O–H groups in total. The number of ether oxygens (including phenoxy) is 1. The van der Waals surface area contributed by atoms with E-state index >= 15 is 0 Å². The highest BCUT2D eigenvalue weighted by Gasteiger charge is 2.16. The normalized spacial score (nSPS) is 11.5. The summed E-state index contributed by atoms with van der Waals surface area (Å²) < 4.78 is 5.27. The van der Waals surface area contributed by atoms with Crippen molar-refractivity contribution in [3.05, 3.63) is 59.7 Å². The summed E-state index contributed by atoms with van der Waals surface area (Å²) in [6, 6.07) is 17.6. The Hall–Kier alpha value is -2.51. The Labute approximate surface area is 125 Å². The van der Waals surface area contributed by atoms with Crippen molar-refractivity contribution in [2.45, 2.75) is 6.04 Å². The van der Waals surface area contributed by atoms with Crippen LogP contribution in [0.2, 0.25) is 0 Å². The number of nitrogens with two attached hydrogens (primary N) is 1. The van der Waals surface area contributed by atoms with E-state index in [0.717, 1.165) is 17.0 Å². The molecule has 0 aliphatic heterocycles. The van der Waals surface area contributed by atoms with E-state index < -0.39 is 0 Å². The topological polar surface area (TPSA) is 62.3 Å². The number of anilines is 1. The maximum Gasteiger partial charge on any atom is 0.119 e. The highest BCUT2D eigenvalue weighted by atomic mass is 16.5. The molecule has 0 radical (unpaired) electrons. The highest BCUT2D eigenvalue weighted by molar-refractivity contribution is 5.51. The van der Waals surface area contributed by atoms with E-state index in [1.807, 2.05) is 55.6 Å². The fourth-order valence-electron chi connectivity index (χ4n) is 2.32. The lowest BCUT2D eigenvalue weighted by Crippen LogP contribution is -2.30. The van der Waals surface area contributed by atoms with Crippen molar-refractivity contribution in [3.63, 3.8) is 0 Å². The number of hydrogen-bond donors (Lipinski definition) is 1. The lowest BCUT2D eigenvalue weighted by atomic mass is 10.0. The predicted octanol–water partition coefficient (Wildman–Crippen LogP) is 2.70. The molecule has 0 amide bonds. The summed E-state index contributed by atoms with van der Waals surface area (Å²) in [5.41, 5.74) is 8.73. The second-order valence-electron chi connectivity index (χ2n) is 4.80. The smallest absolute Gasteiger partial charge is 0.119 e. The van der Waals surface area contributed by atoms with Gasteiger partial charge >= 0.3 is 0 Å². The molecule has 2 rings (SSSR count). The van der Waals surface area contributed by atoms with Crippen molar-refractivity contribution < 1.29 is 4.74 Å². The Bertz CT molecular complexity index is 631. The molecule has 108 valence electrons. The van der Waals surface area contributed by atoms with Crippen molar-refractivity contribution in [2.24, 2.45) is 5.73 Å². The Kier molecular flexibility index (Phi) is 4.81. The van der Waals surface area contributed by atoms with Crippen LogP contribution in [0.3, 0.4) is 0 Å². The minimum atomic E-state index is 0.0491. The molecule has 0 saturated carbocycles. The van der Waals surface area contributed by atoms with Crippen LogP contribution in [0.4, 0.5) is 5.69 Å². The molecule has 1 unspecified atom stereocenters. The lowest BCUT2D eigenvalue weighted by molar-refractivity contribution is 0.413. The van der Waals surface area contributed by atoms with E-state index in [4.69, 9.17) is 15.7 Å². The summed E-state index contributed by atoms with van der Waals surface area (Å²) in [5.74, 6) is 0.819. The molecule has 0 fully saturated rings. The third-order valence-corrected chi connectivity index (χ3v) is 3.57. The number of benzene rings is 2. The van der Waals surface area contributed by atoms with Crippen LogP contribution < -0.4 is 15.4 Å². The summed E-state index contributed by atoms with van der Waals surface area (Å²) in [6.07, 6.45) is 0. The molecule has 1 atom stereocenters. The lowest BCUT2D eigenvalue weighted by Gasteiger charge is -2.29. The van der Waals surface area contributed by atoms with Crippen molar-refractivity contribution in [2.75, 3.05) is 25.6 Å². The first kappa shape index (κ1) is 14.9. The second kappa shape index (κ2) is 6.78. The molecule has 2 aromatic carbocycles. The van der Waals surface area contributed by atoms with Crippen LogP contribution in [0.1, 0.15) is 17.2 Å². The quantitative estimate of drug-likeness (QED) is 0.915. The van der Waals surface area contributed by atoms with Crippen LogP contribution in [0, 0.1) is 11.3 Å². The number of nitrogens with zero attached hydrogens (tertiary/aromatic N) is 2. The van der Waals surface area contributed by atoms with Crippen LogP contribution in [-0.4, -0.2) is 20.7 Å². The molecule has 0 saturated heterocycles. The van der Waals surface area contributed by atoms with E-state index in [1.54, 1.807) is 7.11 Å². The van der Waals surface area contributed by atoms with Gasteiger partial charge in [0.2, 0.25) is 0 Å². The molecule has 0 bridgehead atoms. The first-order valence-corrected chi connectivity index (χ1v) is 6.76. The van der Waals surface area contributed by atoms with E-state index in [2.05, 4.69) is 11.0 Å². The Morgan fingerprint density at radius 1 is 1.24 bits per heavy atom. The maximum absolute atomic E-state index is 8.86. The van der Waals surface area contributed by atoms with Gasteiger partial charge in [-0.05, 0) is 42.0 Å². The molecule has 21 heavy (non-hydrogen) atoms. The average Bonchev–Trinajstić information content (AvgIpc) is 2.55. The largest absolute Gasteiger partial charge is 0.497 e. The van der Waals surface area contributed by atoms with Gasteiger partial charge in [-0.2, -0.15) is 5.26 Å². The van der Waals surface area contributed by atoms with Crippen molar-refractivity contribution in [1.82, 2.24) is 0 Å². The van der Waals surface area contributed by atoms with Crippen molar-refractivity contribution >= 4 is 5.69 Å². The van der Waals surface area contributed by atoms with Gasteiger partial charge in [0, 0.05) is 19.3 Å². The third kappa shape index (κ3) is 3.33. The van der Waals surface area contributed by atoms with Gasteiger partial charge < -0.3 is 15.4 Å². The van der Waals surface area contributed by atoms with Crippen LogP contribution >= 0.6 is 0 Å². The van der Waals surface area contributed by atoms with Crippen LogP contribution in [0.25, 0.3) is 0 Å². The number of likely N-dealkylation sites (N-methyl/N-ethyl adjacent to an activating group) is 1. The van der Waals surface area contributed by atoms with Gasteiger partial charge in [0.15, 0.2) is 0 Å². The molecular weight excluding hydrogens is 262 g/mol. The first-order valence-electron chi connectivity index (χ1n) is 6.76. The van der Waals surface area contributed by atoms with Gasteiger partial charge in [0.1, 0.15) is 5.75 Å². The minimum absolute atomic E-state index is 0.0491.